The minimum atomic E-state index is -0.309. The molecule has 0 radical (unpaired) electrons. The average molecular weight is 483 g/mol. The molecular formula is C24H26N4O3S2. The highest BCUT2D eigenvalue weighted by Crippen LogP contribution is 2.38. The first-order valence-corrected chi connectivity index (χ1v) is 12.8. The van der Waals surface area contributed by atoms with Crippen LogP contribution in [0.1, 0.15) is 56.6 Å². The Morgan fingerprint density at radius 1 is 1.06 bits per heavy atom. The number of nitrogens with zero attached hydrogens (tertiary/aromatic N) is 2. The molecule has 3 aromatic rings. The van der Waals surface area contributed by atoms with Crippen LogP contribution in [0.15, 0.2) is 24.5 Å². The van der Waals surface area contributed by atoms with E-state index >= 15 is 0 Å². The zero-order chi connectivity index (χ0) is 22.9. The predicted molar refractivity (Wildman–Crippen MR) is 131 cm³/mol. The number of carbonyl (C=O) groups excluding carboxylic acids is 3. The summed E-state index contributed by atoms with van der Waals surface area (Å²) in [6.45, 7) is 3.28. The highest BCUT2D eigenvalue weighted by atomic mass is 32.1. The van der Waals surface area contributed by atoms with E-state index in [0.29, 0.717) is 30.2 Å². The van der Waals surface area contributed by atoms with Crippen molar-refractivity contribution in [3.63, 3.8) is 0 Å². The number of aromatic nitrogens is 1. The maximum atomic E-state index is 12.8. The number of fused-ring (bicyclic) bond motifs is 2. The second-order valence-corrected chi connectivity index (χ2v) is 10.6. The SMILES string of the molecule is CC(=O)N1CCc2c(sc(-n3cccc3)c2CNC(=O)Nc2sc3c(c2C=O)CCCC3)C1. The van der Waals surface area contributed by atoms with E-state index in [0.717, 1.165) is 54.5 Å². The van der Waals surface area contributed by atoms with E-state index < -0.39 is 0 Å². The van der Waals surface area contributed by atoms with Crippen molar-refractivity contribution < 1.29 is 14.4 Å². The molecule has 2 N–H and O–H groups in total. The lowest BCUT2D eigenvalue weighted by Gasteiger charge is -2.26. The largest absolute Gasteiger partial charge is 0.337 e. The Morgan fingerprint density at radius 2 is 1.85 bits per heavy atom. The highest BCUT2D eigenvalue weighted by Gasteiger charge is 2.27. The molecule has 0 spiro atoms. The van der Waals surface area contributed by atoms with Gasteiger partial charge >= 0.3 is 6.03 Å². The molecule has 3 amide bonds. The van der Waals surface area contributed by atoms with Gasteiger partial charge in [0.1, 0.15) is 10.0 Å². The Balaban J connectivity index is 1.36. The van der Waals surface area contributed by atoms with Crippen LogP contribution in [0.3, 0.4) is 0 Å². The number of rotatable bonds is 5. The van der Waals surface area contributed by atoms with Gasteiger partial charge in [0.2, 0.25) is 5.91 Å². The van der Waals surface area contributed by atoms with Crippen molar-refractivity contribution in [2.45, 2.75) is 52.1 Å². The molecule has 0 saturated heterocycles. The van der Waals surface area contributed by atoms with Crippen LogP contribution in [-0.4, -0.2) is 34.2 Å². The molecule has 3 aromatic heterocycles. The van der Waals surface area contributed by atoms with Gasteiger partial charge in [-0.05, 0) is 55.4 Å². The van der Waals surface area contributed by atoms with Gasteiger partial charge in [-0.2, -0.15) is 0 Å². The minimum absolute atomic E-state index is 0.0836. The van der Waals surface area contributed by atoms with Gasteiger partial charge < -0.3 is 14.8 Å². The molecule has 1 aliphatic heterocycles. The quantitative estimate of drug-likeness (QED) is 0.525. The monoisotopic (exact) mass is 482 g/mol. The Bertz CT molecular complexity index is 1210. The third-order valence-corrected chi connectivity index (χ3v) is 8.91. The number of aldehydes is 1. The molecule has 0 saturated carbocycles. The summed E-state index contributed by atoms with van der Waals surface area (Å²) in [5, 5.41) is 7.63. The summed E-state index contributed by atoms with van der Waals surface area (Å²) in [4.78, 5) is 40.6. The fourth-order valence-electron chi connectivity index (χ4n) is 4.71. The standard InChI is InChI=1S/C24H26N4O3S2/c1-15(30)28-11-8-17-18(23(33-21(17)13-28)27-9-4-5-10-27)12-25-24(31)26-22-19(14-29)16-6-2-3-7-20(16)32-22/h4-5,9-10,14H,2-3,6-8,11-13H2,1H3,(H2,25,26,31). The molecule has 4 heterocycles. The van der Waals surface area contributed by atoms with Crippen molar-refractivity contribution in [3.8, 4) is 5.00 Å². The van der Waals surface area contributed by atoms with Crippen molar-refractivity contribution in [3.05, 3.63) is 56.5 Å². The summed E-state index contributed by atoms with van der Waals surface area (Å²) in [5.41, 5.74) is 4.05. The number of thiophene rings is 2. The Kier molecular flexibility index (Phi) is 6.07. The van der Waals surface area contributed by atoms with E-state index in [-0.39, 0.29) is 11.9 Å². The summed E-state index contributed by atoms with van der Waals surface area (Å²) < 4.78 is 2.06. The van der Waals surface area contributed by atoms with E-state index in [2.05, 4.69) is 15.2 Å². The fourth-order valence-corrected chi connectivity index (χ4v) is 7.31. The lowest BCUT2D eigenvalue weighted by molar-refractivity contribution is -0.129. The van der Waals surface area contributed by atoms with Gasteiger partial charge in [0.25, 0.3) is 0 Å². The van der Waals surface area contributed by atoms with Crippen molar-refractivity contribution in [1.82, 2.24) is 14.8 Å². The van der Waals surface area contributed by atoms with Crippen LogP contribution in [0.5, 0.6) is 0 Å². The maximum Gasteiger partial charge on any atom is 0.320 e. The van der Waals surface area contributed by atoms with Crippen molar-refractivity contribution in [1.29, 1.82) is 0 Å². The van der Waals surface area contributed by atoms with E-state index in [1.54, 1.807) is 18.3 Å². The van der Waals surface area contributed by atoms with Crippen molar-refractivity contribution in [2.24, 2.45) is 0 Å². The number of urea groups is 1. The van der Waals surface area contributed by atoms with Gasteiger partial charge in [-0.1, -0.05) is 0 Å². The first-order valence-electron chi connectivity index (χ1n) is 11.2. The maximum absolute atomic E-state index is 12.8. The highest BCUT2D eigenvalue weighted by molar-refractivity contribution is 7.17. The molecule has 9 heteroatoms. The summed E-state index contributed by atoms with van der Waals surface area (Å²) >= 11 is 3.20. The van der Waals surface area contributed by atoms with E-state index in [9.17, 15) is 14.4 Å². The number of amides is 3. The molecule has 172 valence electrons. The molecule has 7 nitrogen and oxygen atoms in total. The summed E-state index contributed by atoms with van der Waals surface area (Å²) in [5.74, 6) is 0.0836. The van der Waals surface area contributed by atoms with Gasteiger partial charge in [-0.25, -0.2) is 4.79 Å². The number of carbonyl (C=O) groups is 3. The van der Waals surface area contributed by atoms with Crippen LogP contribution >= 0.6 is 22.7 Å². The van der Waals surface area contributed by atoms with Crippen LogP contribution in [0.4, 0.5) is 9.80 Å². The Labute approximate surface area is 200 Å². The zero-order valence-electron chi connectivity index (χ0n) is 18.5. The Morgan fingerprint density at radius 3 is 2.61 bits per heavy atom. The van der Waals surface area contributed by atoms with Crippen LogP contribution in [-0.2, 0) is 37.1 Å². The summed E-state index contributed by atoms with van der Waals surface area (Å²) in [6.07, 6.45) is 9.73. The summed E-state index contributed by atoms with van der Waals surface area (Å²) in [7, 11) is 0. The van der Waals surface area contributed by atoms with Crippen molar-refractivity contribution in [2.75, 3.05) is 11.9 Å². The molecule has 5 rings (SSSR count). The molecule has 1 aliphatic carbocycles. The van der Waals surface area contributed by atoms with E-state index in [1.165, 1.54) is 26.7 Å². The summed E-state index contributed by atoms with van der Waals surface area (Å²) in [6, 6.07) is 3.64. The lowest BCUT2D eigenvalue weighted by atomic mass is 9.96. The minimum Gasteiger partial charge on any atom is -0.337 e. The molecule has 33 heavy (non-hydrogen) atoms. The second-order valence-electron chi connectivity index (χ2n) is 8.45. The predicted octanol–water partition coefficient (Wildman–Crippen LogP) is 4.52. The molecule has 0 atom stereocenters. The average Bonchev–Trinajstić information content (AvgIpc) is 3.53. The molecular weight excluding hydrogens is 456 g/mol. The molecule has 2 aliphatic rings. The second kappa shape index (κ2) is 9.15. The van der Waals surface area contributed by atoms with Gasteiger partial charge in [-0.3, -0.25) is 14.9 Å². The fraction of sp³-hybridized carbons (Fsp3) is 0.375. The number of anilines is 1. The first-order chi connectivity index (χ1) is 16.0. The van der Waals surface area contributed by atoms with Gasteiger partial charge in [-0.15, -0.1) is 22.7 Å². The Hall–Kier alpha value is -2.91. The third kappa shape index (κ3) is 4.22. The van der Waals surface area contributed by atoms with E-state index in [1.807, 2.05) is 29.4 Å². The van der Waals surface area contributed by atoms with Crippen LogP contribution < -0.4 is 10.6 Å². The molecule has 0 bridgehead atoms. The third-order valence-electron chi connectivity index (χ3n) is 6.41. The normalized spacial score (nSPS) is 15.0. The van der Waals surface area contributed by atoms with Crippen LogP contribution in [0.25, 0.3) is 5.00 Å². The van der Waals surface area contributed by atoms with Gasteiger partial charge in [0.05, 0.1) is 12.1 Å². The first kappa shape index (κ1) is 21.9. The molecule has 0 unspecified atom stereocenters. The molecule has 0 aromatic carbocycles. The number of hydrogen-bond donors (Lipinski definition) is 2. The smallest absolute Gasteiger partial charge is 0.320 e. The number of nitrogens with one attached hydrogen (secondary N) is 2. The van der Waals surface area contributed by atoms with Gasteiger partial charge in [0, 0.05) is 47.7 Å². The van der Waals surface area contributed by atoms with Crippen LogP contribution in [0, 0.1) is 0 Å². The topological polar surface area (TPSA) is 83.4 Å². The number of hydrogen-bond acceptors (Lipinski definition) is 5. The lowest BCUT2D eigenvalue weighted by Crippen LogP contribution is -2.34. The molecule has 0 fully saturated rings. The van der Waals surface area contributed by atoms with Crippen molar-refractivity contribution >= 4 is 45.9 Å². The zero-order valence-corrected chi connectivity index (χ0v) is 20.1. The van der Waals surface area contributed by atoms with Crippen LogP contribution in [0.2, 0.25) is 0 Å². The van der Waals surface area contributed by atoms with Gasteiger partial charge in [0.15, 0.2) is 6.29 Å². The van der Waals surface area contributed by atoms with E-state index in [4.69, 9.17) is 0 Å². The number of aryl methyl sites for hydroxylation is 1.